The lowest BCUT2D eigenvalue weighted by Gasteiger charge is -2.18. The van der Waals surface area contributed by atoms with Gasteiger partial charge in [0.1, 0.15) is 28.7 Å². The maximum Gasteiger partial charge on any atom is 0.162 e. The van der Waals surface area contributed by atoms with Crippen LogP contribution in [0.25, 0.3) is 0 Å². The average molecular weight is 367 g/mol. The molecule has 110 valence electrons. The van der Waals surface area contributed by atoms with E-state index in [-0.39, 0.29) is 0 Å². The van der Waals surface area contributed by atoms with Gasteiger partial charge >= 0.3 is 0 Å². The van der Waals surface area contributed by atoms with Gasteiger partial charge in [0, 0.05) is 17.4 Å². The minimum absolute atomic E-state index is 0.598. The second-order valence-electron chi connectivity index (χ2n) is 4.60. The molecule has 21 heavy (non-hydrogen) atoms. The number of fused-ring (bicyclic) bond motifs is 1. The van der Waals surface area contributed by atoms with Crippen LogP contribution < -0.4 is 9.47 Å². The highest BCUT2D eigenvalue weighted by atomic mass is 79.9. The van der Waals surface area contributed by atoms with Crippen LogP contribution in [0.3, 0.4) is 0 Å². The summed E-state index contributed by atoms with van der Waals surface area (Å²) in [6.45, 7) is 3.33. The summed E-state index contributed by atoms with van der Waals surface area (Å²) in [7, 11) is 0. The van der Waals surface area contributed by atoms with Crippen molar-refractivity contribution in [2.24, 2.45) is 0 Å². The lowest BCUT2D eigenvalue weighted by atomic mass is 10.3. The Morgan fingerprint density at radius 1 is 1.14 bits per heavy atom. The van der Waals surface area contributed by atoms with Gasteiger partial charge in [-0.1, -0.05) is 18.7 Å². The highest BCUT2D eigenvalue weighted by molar-refractivity contribution is 9.10. The Kier molecular flexibility index (Phi) is 4.65. The first-order valence-electron chi connectivity index (χ1n) is 6.85. The number of rotatable bonds is 4. The van der Waals surface area contributed by atoms with Gasteiger partial charge in [-0.25, -0.2) is 9.97 Å². The molecule has 0 amide bonds. The molecule has 0 saturated heterocycles. The fourth-order valence-electron chi connectivity index (χ4n) is 2.04. The monoisotopic (exact) mass is 366 g/mol. The molecule has 4 nitrogen and oxygen atoms in total. The van der Waals surface area contributed by atoms with Crippen LogP contribution in [0.1, 0.15) is 19.2 Å². The fraction of sp³-hybridized carbons (Fsp3) is 0.333. The number of aryl methyl sites for hydroxylation is 1. The molecule has 1 aliphatic rings. The average Bonchev–Trinajstić information content (AvgIpc) is 2.47. The van der Waals surface area contributed by atoms with Crippen molar-refractivity contribution in [3.8, 4) is 11.5 Å². The standard InChI is InChI=1S/C15H15BrN2O2S/c1-2-3-14-17-13(16)9-15(18-14)21-10-4-5-11-12(8-10)20-7-6-19-11/h4-5,8-9H,2-3,6-7H2,1H3. The van der Waals surface area contributed by atoms with E-state index in [0.717, 1.165) is 44.7 Å². The molecule has 0 atom stereocenters. The lowest BCUT2D eigenvalue weighted by molar-refractivity contribution is 0.171. The quantitative estimate of drug-likeness (QED) is 0.761. The molecule has 0 radical (unpaired) electrons. The van der Waals surface area contributed by atoms with E-state index in [1.807, 2.05) is 24.3 Å². The highest BCUT2D eigenvalue weighted by Crippen LogP contribution is 2.36. The van der Waals surface area contributed by atoms with E-state index in [4.69, 9.17) is 9.47 Å². The SMILES string of the molecule is CCCc1nc(Br)cc(Sc2ccc3c(c2)OCCO3)n1. The van der Waals surface area contributed by atoms with Crippen LogP contribution in [0.4, 0.5) is 0 Å². The summed E-state index contributed by atoms with van der Waals surface area (Å²) >= 11 is 5.05. The van der Waals surface area contributed by atoms with Crippen molar-refractivity contribution in [1.29, 1.82) is 0 Å². The van der Waals surface area contributed by atoms with Crippen molar-refractivity contribution < 1.29 is 9.47 Å². The summed E-state index contributed by atoms with van der Waals surface area (Å²) in [5.41, 5.74) is 0. The second-order valence-corrected chi connectivity index (χ2v) is 6.51. The summed E-state index contributed by atoms with van der Waals surface area (Å²) < 4.78 is 12.0. The summed E-state index contributed by atoms with van der Waals surface area (Å²) in [6, 6.07) is 7.89. The molecule has 6 heteroatoms. The van der Waals surface area contributed by atoms with E-state index >= 15 is 0 Å². The molecule has 1 aromatic carbocycles. The van der Waals surface area contributed by atoms with E-state index in [1.54, 1.807) is 11.8 Å². The third-order valence-electron chi connectivity index (χ3n) is 2.93. The molecule has 0 saturated carbocycles. The maximum absolute atomic E-state index is 5.61. The molecule has 0 bridgehead atoms. The Hall–Kier alpha value is -1.27. The summed E-state index contributed by atoms with van der Waals surface area (Å²) in [5, 5.41) is 0.928. The van der Waals surface area contributed by atoms with Crippen LogP contribution >= 0.6 is 27.7 Å². The van der Waals surface area contributed by atoms with Crippen LogP contribution in [0.2, 0.25) is 0 Å². The summed E-state index contributed by atoms with van der Waals surface area (Å²) in [5.74, 6) is 2.47. The summed E-state index contributed by atoms with van der Waals surface area (Å²) in [4.78, 5) is 10.0. The van der Waals surface area contributed by atoms with Gasteiger partial charge in [0.05, 0.1) is 0 Å². The predicted molar refractivity (Wildman–Crippen MR) is 85.3 cm³/mol. The van der Waals surface area contributed by atoms with Crippen molar-refractivity contribution >= 4 is 27.7 Å². The van der Waals surface area contributed by atoms with Crippen molar-refractivity contribution in [3.05, 3.63) is 34.7 Å². The maximum atomic E-state index is 5.61. The zero-order chi connectivity index (χ0) is 14.7. The molecular formula is C15H15BrN2O2S. The summed E-state index contributed by atoms with van der Waals surface area (Å²) in [6.07, 6.45) is 1.92. The van der Waals surface area contributed by atoms with Gasteiger partial charge in [0.2, 0.25) is 0 Å². The Balaban J connectivity index is 1.83. The van der Waals surface area contributed by atoms with Crippen LogP contribution in [0.5, 0.6) is 11.5 Å². The van der Waals surface area contributed by atoms with Gasteiger partial charge < -0.3 is 9.47 Å². The van der Waals surface area contributed by atoms with Crippen LogP contribution in [-0.4, -0.2) is 23.2 Å². The predicted octanol–water partition coefficient (Wildman–Crippen LogP) is 4.11. The van der Waals surface area contributed by atoms with Crippen molar-refractivity contribution in [2.75, 3.05) is 13.2 Å². The molecule has 0 N–H and O–H groups in total. The number of halogens is 1. The van der Waals surface area contributed by atoms with Crippen LogP contribution in [-0.2, 0) is 6.42 Å². The Labute approximate surface area is 136 Å². The first kappa shape index (κ1) is 14.7. The largest absolute Gasteiger partial charge is 0.486 e. The molecule has 1 aromatic heterocycles. The van der Waals surface area contributed by atoms with Crippen molar-refractivity contribution in [1.82, 2.24) is 9.97 Å². The van der Waals surface area contributed by atoms with Crippen molar-refractivity contribution in [2.45, 2.75) is 29.7 Å². The molecule has 3 rings (SSSR count). The lowest BCUT2D eigenvalue weighted by Crippen LogP contribution is -2.15. The van der Waals surface area contributed by atoms with Gasteiger partial charge in [-0.2, -0.15) is 0 Å². The van der Waals surface area contributed by atoms with E-state index in [1.165, 1.54) is 0 Å². The molecule has 0 spiro atoms. The van der Waals surface area contributed by atoms with Gasteiger partial charge in [0.15, 0.2) is 11.5 Å². The third-order valence-corrected chi connectivity index (χ3v) is 4.24. The minimum atomic E-state index is 0.598. The Bertz CT molecular complexity index is 652. The normalized spacial score (nSPS) is 13.2. The molecule has 1 aliphatic heterocycles. The second kappa shape index (κ2) is 6.66. The molecular weight excluding hydrogens is 352 g/mol. The van der Waals surface area contributed by atoms with E-state index < -0.39 is 0 Å². The number of hydrogen-bond donors (Lipinski definition) is 0. The number of ether oxygens (including phenoxy) is 2. The van der Waals surface area contributed by atoms with E-state index in [9.17, 15) is 0 Å². The highest BCUT2D eigenvalue weighted by Gasteiger charge is 2.13. The number of nitrogens with zero attached hydrogens (tertiary/aromatic N) is 2. The van der Waals surface area contributed by atoms with Gasteiger partial charge in [-0.3, -0.25) is 0 Å². The molecule has 0 unspecified atom stereocenters. The zero-order valence-electron chi connectivity index (χ0n) is 11.6. The third kappa shape index (κ3) is 3.68. The molecule has 0 fully saturated rings. The Morgan fingerprint density at radius 3 is 2.76 bits per heavy atom. The van der Waals surface area contributed by atoms with Crippen LogP contribution in [0, 0.1) is 0 Å². The first-order chi connectivity index (χ1) is 10.2. The van der Waals surface area contributed by atoms with Crippen LogP contribution in [0.15, 0.2) is 38.8 Å². The van der Waals surface area contributed by atoms with E-state index in [0.29, 0.717) is 13.2 Å². The van der Waals surface area contributed by atoms with E-state index in [2.05, 4.69) is 32.8 Å². The smallest absolute Gasteiger partial charge is 0.162 e. The first-order valence-corrected chi connectivity index (χ1v) is 8.46. The molecule has 0 aliphatic carbocycles. The Morgan fingerprint density at radius 2 is 1.95 bits per heavy atom. The molecule has 2 heterocycles. The topological polar surface area (TPSA) is 44.2 Å². The number of benzene rings is 1. The fourth-order valence-corrected chi connectivity index (χ4v) is 3.48. The van der Waals surface area contributed by atoms with Gasteiger partial charge in [0.25, 0.3) is 0 Å². The number of hydrogen-bond acceptors (Lipinski definition) is 5. The van der Waals surface area contributed by atoms with Gasteiger partial charge in [-0.15, -0.1) is 0 Å². The van der Waals surface area contributed by atoms with Gasteiger partial charge in [-0.05, 0) is 40.5 Å². The zero-order valence-corrected chi connectivity index (χ0v) is 14.0. The molecule has 2 aromatic rings. The number of aromatic nitrogens is 2. The van der Waals surface area contributed by atoms with Crippen molar-refractivity contribution in [3.63, 3.8) is 0 Å². The minimum Gasteiger partial charge on any atom is -0.486 e.